The number of hydrogen-bond acceptors (Lipinski definition) is 8. The van der Waals surface area contributed by atoms with Gasteiger partial charge < -0.3 is 24.7 Å². The highest BCUT2D eigenvalue weighted by Crippen LogP contribution is 2.45. The maximum atomic E-state index is 15.3. The molecule has 0 spiro atoms. The fourth-order valence-electron chi connectivity index (χ4n) is 7.26. The molecule has 2 unspecified atom stereocenters. The van der Waals surface area contributed by atoms with Crippen molar-refractivity contribution in [2.24, 2.45) is 0 Å². The van der Waals surface area contributed by atoms with Gasteiger partial charge in [-0.2, -0.15) is 0 Å². The third kappa shape index (κ3) is 6.15. The van der Waals surface area contributed by atoms with Gasteiger partial charge in [0, 0.05) is 43.8 Å². The molecular formula is C37H43Cl2N7O3. The first-order valence-electron chi connectivity index (χ1n) is 16.7. The number of aromatic hydroxyl groups is 1. The molecule has 3 aromatic heterocycles. The molecule has 5 heterocycles. The summed E-state index contributed by atoms with van der Waals surface area (Å²) in [5, 5.41) is 12.2. The topological polar surface area (TPSA) is 98.0 Å². The summed E-state index contributed by atoms with van der Waals surface area (Å²) in [5.74, 6) is -0.179. The van der Waals surface area contributed by atoms with Gasteiger partial charge in [-0.05, 0) is 82.7 Å². The van der Waals surface area contributed by atoms with Crippen LogP contribution < -0.4 is 15.4 Å². The molecule has 1 fully saturated rings. The molecule has 1 N–H and O–H groups in total. The number of pyridine rings is 3. The number of fused-ring (bicyclic) bond motifs is 5. The second-order valence-electron chi connectivity index (χ2n) is 13.6. The zero-order valence-corrected chi connectivity index (χ0v) is 30.4. The standard InChI is InChI=1S/C37H43Cl2N7O3/c1-8-29(48)44-20-24-19-43(16-10-15-42(6)7)35-34(45(24)18-23(44)5)25-17-27(39)32(30-26(38)11-9-12-28(30)47)41-36(25)46(37(35)49)33-22(4)13-14-40-31(33)21(2)3/h8-9,11-14,17,21,23-24,47H,1,10,15-16,18-20H2,2-7H3. The summed E-state index contributed by atoms with van der Waals surface area (Å²) in [6.45, 7) is 14.9. The van der Waals surface area contributed by atoms with E-state index in [1.165, 1.54) is 12.1 Å². The molecule has 0 saturated carbocycles. The minimum atomic E-state index is -0.217. The van der Waals surface area contributed by atoms with E-state index in [0.717, 1.165) is 29.9 Å². The maximum absolute atomic E-state index is 15.3. The van der Waals surface area contributed by atoms with Crippen molar-refractivity contribution in [2.75, 3.05) is 56.6 Å². The molecule has 0 radical (unpaired) electrons. The van der Waals surface area contributed by atoms with E-state index in [9.17, 15) is 9.90 Å². The normalized spacial score (nSPS) is 17.6. The molecule has 0 aliphatic carbocycles. The molecular weight excluding hydrogens is 661 g/mol. The van der Waals surface area contributed by atoms with Crippen molar-refractivity contribution in [1.82, 2.24) is 24.3 Å². The third-order valence-corrected chi connectivity index (χ3v) is 10.2. The fraction of sp³-hybridized carbons (Fsp3) is 0.405. The average molecular weight is 705 g/mol. The molecule has 4 aromatic rings. The summed E-state index contributed by atoms with van der Waals surface area (Å²) in [6.07, 6.45) is 3.96. The minimum Gasteiger partial charge on any atom is -0.507 e. The minimum absolute atomic E-state index is 0.00386. The Labute approximate surface area is 297 Å². The number of piperazine rings is 1. The fourth-order valence-corrected chi connectivity index (χ4v) is 7.77. The molecule has 1 aromatic carbocycles. The van der Waals surface area contributed by atoms with E-state index in [2.05, 4.69) is 35.1 Å². The van der Waals surface area contributed by atoms with Crippen LogP contribution in [0.25, 0.3) is 28.0 Å². The van der Waals surface area contributed by atoms with Gasteiger partial charge in [-0.25, -0.2) is 4.98 Å². The van der Waals surface area contributed by atoms with Crippen LogP contribution in [0.5, 0.6) is 5.75 Å². The van der Waals surface area contributed by atoms with Crippen LogP contribution in [0.1, 0.15) is 44.4 Å². The van der Waals surface area contributed by atoms with Gasteiger partial charge in [0.15, 0.2) is 5.65 Å². The molecule has 2 aliphatic rings. The first kappa shape index (κ1) is 34.7. The third-order valence-electron chi connectivity index (χ3n) is 9.57. The van der Waals surface area contributed by atoms with Gasteiger partial charge in [-0.1, -0.05) is 49.7 Å². The lowest BCUT2D eigenvalue weighted by Gasteiger charge is -2.52. The summed E-state index contributed by atoms with van der Waals surface area (Å²) in [7, 11) is 4.07. The van der Waals surface area contributed by atoms with Crippen LogP contribution in [0, 0.1) is 6.92 Å². The van der Waals surface area contributed by atoms with Crippen LogP contribution in [0.2, 0.25) is 10.0 Å². The smallest absolute Gasteiger partial charge is 0.282 e. The van der Waals surface area contributed by atoms with E-state index in [1.807, 2.05) is 45.0 Å². The number of aromatic nitrogens is 3. The predicted molar refractivity (Wildman–Crippen MR) is 199 cm³/mol. The second kappa shape index (κ2) is 13.7. The molecule has 258 valence electrons. The van der Waals surface area contributed by atoms with Crippen molar-refractivity contribution in [3.05, 3.63) is 80.8 Å². The van der Waals surface area contributed by atoms with Gasteiger partial charge >= 0.3 is 0 Å². The van der Waals surface area contributed by atoms with E-state index in [1.54, 1.807) is 22.9 Å². The first-order chi connectivity index (χ1) is 23.3. The maximum Gasteiger partial charge on any atom is 0.282 e. The number of benzene rings is 1. The predicted octanol–water partition coefficient (Wildman–Crippen LogP) is 6.26. The Kier molecular flexibility index (Phi) is 9.68. The Bertz CT molecular complexity index is 1990. The van der Waals surface area contributed by atoms with Gasteiger partial charge in [0.2, 0.25) is 5.91 Å². The van der Waals surface area contributed by atoms with Crippen molar-refractivity contribution in [1.29, 1.82) is 0 Å². The monoisotopic (exact) mass is 703 g/mol. The zero-order valence-electron chi connectivity index (χ0n) is 28.9. The van der Waals surface area contributed by atoms with E-state index in [4.69, 9.17) is 33.2 Å². The largest absolute Gasteiger partial charge is 0.507 e. The number of phenols is 1. The second-order valence-corrected chi connectivity index (χ2v) is 14.4. The molecule has 2 aliphatic heterocycles. The average Bonchev–Trinajstić information content (AvgIpc) is 3.04. The Morgan fingerprint density at radius 2 is 1.88 bits per heavy atom. The lowest BCUT2D eigenvalue weighted by molar-refractivity contribution is -0.128. The van der Waals surface area contributed by atoms with Gasteiger partial charge in [0.25, 0.3) is 5.56 Å². The molecule has 6 rings (SSSR count). The molecule has 2 atom stereocenters. The number of rotatable bonds is 8. The van der Waals surface area contributed by atoms with Crippen molar-refractivity contribution in [3.8, 4) is 22.7 Å². The first-order valence-corrected chi connectivity index (χ1v) is 17.4. The summed E-state index contributed by atoms with van der Waals surface area (Å²) in [4.78, 5) is 46.5. The van der Waals surface area contributed by atoms with E-state index < -0.39 is 0 Å². The van der Waals surface area contributed by atoms with Gasteiger partial charge in [-0.15, -0.1) is 0 Å². The lowest BCUT2D eigenvalue weighted by Crippen LogP contribution is -2.64. The Balaban J connectivity index is 1.72. The number of hydrogen-bond donors (Lipinski definition) is 1. The summed E-state index contributed by atoms with van der Waals surface area (Å²) < 4.78 is 1.68. The van der Waals surface area contributed by atoms with Crippen LogP contribution in [-0.4, -0.2) is 94.3 Å². The van der Waals surface area contributed by atoms with Crippen LogP contribution in [0.3, 0.4) is 0 Å². The number of amides is 1. The number of phenolic OH excluding ortho intramolecular Hbond substituents is 1. The molecule has 1 saturated heterocycles. The zero-order chi connectivity index (χ0) is 35.3. The number of aryl methyl sites for hydroxylation is 1. The molecule has 10 nitrogen and oxygen atoms in total. The van der Waals surface area contributed by atoms with Crippen molar-refractivity contribution < 1.29 is 9.90 Å². The highest BCUT2D eigenvalue weighted by Gasteiger charge is 2.42. The Hall–Kier alpha value is -4.12. The highest BCUT2D eigenvalue weighted by atomic mass is 35.5. The van der Waals surface area contributed by atoms with Gasteiger partial charge in [0.1, 0.15) is 11.4 Å². The summed E-state index contributed by atoms with van der Waals surface area (Å²) >= 11 is 13.7. The van der Waals surface area contributed by atoms with Crippen molar-refractivity contribution in [3.63, 3.8) is 0 Å². The van der Waals surface area contributed by atoms with E-state index in [-0.39, 0.29) is 56.5 Å². The van der Waals surface area contributed by atoms with E-state index >= 15 is 4.79 Å². The van der Waals surface area contributed by atoms with Crippen LogP contribution in [0.4, 0.5) is 11.4 Å². The van der Waals surface area contributed by atoms with Crippen LogP contribution in [0.15, 0.2) is 54.0 Å². The number of halogens is 2. The molecule has 12 heteroatoms. The highest BCUT2D eigenvalue weighted by molar-refractivity contribution is 6.37. The van der Waals surface area contributed by atoms with Crippen molar-refractivity contribution in [2.45, 2.75) is 52.1 Å². The Morgan fingerprint density at radius 3 is 2.55 bits per heavy atom. The van der Waals surface area contributed by atoms with Crippen LogP contribution >= 0.6 is 23.2 Å². The lowest BCUT2D eigenvalue weighted by atomic mass is 9.98. The van der Waals surface area contributed by atoms with Gasteiger partial charge in [0.05, 0.1) is 44.4 Å². The number of nitrogens with zero attached hydrogens (tertiary/aromatic N) is 7. The summed E-state index contributed by atoms with van der Waals surface area (Å²) in [6, 6.07) is 8.36. The number of carbonyl (C=O) groups is 1. The number of carbonyl (C=O) groups excluding carboxylic acids is 1. The van der Waals surface area contributed by atoms with Crippen LogP contribution in [-0.2, 0) is 4.79 Å². The summed E-state index contributed by atoms with van der Waals surface area (Å²) in [5.41, 5.74) is 4.34. The molecule has 49 heavy (non-hydrogen) atoms. The molecule has 0 bridgehead atoms. The van der Waals surface area contributed by atoms with Gasteiger partial charge in [-0.3, -0.25) is 19.1 Å². The van der Waals surface area contributed by atoms with Crippen molar-refractivity contribution >= 4 is 51.5 Å². The molecule has 1 amide bonds. The Morgan fingerprint density at radius 1 is 1.12 bits per heavy atom. The quantitative estimate of drug-likeness (QED) is 0.215. The van der Waals surface area contributed by atoms with E-state index in [0.29, 0.717) is 48.6 Å². The SMILES string of the molecule is C=CC(=O)N1CC2CN(CCCN(C)C)c3c(c4cc(Cl)c(-c5c(O)cccc5Cl)nc4n(-c4c(C)ccnc4C(C)C)c3=O)N2CC1C. The number of anilines is 2.